The summed E-state index contributed by atoms with van der Waals surface area (Å²) >= 11 is 5.75. The predicted octanol–water partition coefficient (Wildman–Crippen LogP) is 3.15. The third kappa shape index (κ3) is 4.20. The minimum Gasteiger partial charge on any atom is -0.481 e. The Morgan fingerprint density at radius 2 is 1.83 bits per heavy atom. The summed E-state index contributed by atoms with van der Waals surface area (Å²) in [6.07, 6.45) is -0.413. The van der Waals surface area contributed by atoms with E-state index in [0.29, 0.717) is 5.02 Å². The fourth-order valence-electron chi connectivity index (χ4n) is 1.95. The zero-order valence-corrected chi connectivity index (χ0v) is 13.4. The highest BCUT2D eigenvalue weighted by Gasteiger charge is 2.25. The molecule has 23 heavy (non-hydrogen) atoms. The van der Waals surface area contributed by atoms with Gasteiger partial charge in [0.1, 0.15) is 5.82 Å². The molecule has 0 amide bonds. The zero-order chi connectivity index (χ0) is 17.0. The lowest BCUT2D eigenvalue weighted by Crippen LogP contribution is -2.33. The monoisotopic (exact) mass is 357 g/mol. The van der Waals surface area contributed by atoms with E-state index >= 15 is 0 Å². The maximum absolute atomic E-state index is 13.4. The first-order valence-corrected chi connectivity index (χ1v) is 8.38. The summed E-state index contributed by atoms with van der Waals surface area (Å²) < 4.78 is 39.8. The van der Waals surface area contributed by atoms with Crippen molar-refractivity contribution in [1.29, 1.82) is 0 Å². The molecule has 0 unspecified atom stereocenters. The molecule has 0 saturated carbocycles. The summed E-state index contributed by atoms with van der Waals surface area (Å²) in [6.45, 7) is -0.316. The number of carbonyl (C=O) groups is 1. The Kier molecular flexibility index (Phi) is 5.23. The van der Waals surface area contributed by atoms with E-state index in [9.17, 15) is 17.6 Å². The van der Waals surface area contributed by atoms with Gasteiger partial charge in [0.15, 0.2) is 0 Å². The highest BCUT2D eigenvalue weighted by atomic mass is 35.5. The Balaban J connectivity index is 2.47. The van der Waals surface area contributed by atoms with Crippen molar-refractivity contribution >= 4 is 33.3 Å². The lowest BCUT2D eigenvalue weighted by molar-refractivity contribution is -0.136. The topological polar surface area (TPSA) is 74.7 Å². The highest BCUT2D eigenvalue weighted by molar-refractivity contribution is 7.92. The van der Waals surface area contributed by atoms with Crippen LogP contribution in [0.15, 0.2) is 53.4 Å². The van der Waals surface area contributed by atoms with Crippen LogP contribution >= 0.6 is 11.6 Å². The number of hydrogen-bond donors (Lipinski definition) is 1. The van der Waals surface area contributed by atoms with Crippen LogP contribution in [0.2, 0.25) is 5.02 Å². The molecule has 0 fully saturated rings. The van der Waals surface area contributed by atoms with Crippen LogP contribution in [0.1, 0.15) is 6.42 Å². The van der Waals surface area contributed by atoms with Crippen molar-refractivity contribution in [3.05, 3.63) is 59.4 Å². The molecule has 0 radical (unpaired) electrons. The number of benzene rings is 2. The van der Waals surface area contributed by atoms with Crippen LogP contribution in [0.3, 0.4) is 0 Å². The number of sulfonamides is 1. The van der Waals surface area contributed by atoms with Crippen LogP contribution < -0.4 is 4.31 Å². The minimum atomic E-state index is -4.04. The van der Waals surface area contributed by atoms with Gasteiger partial charge in [0.2, 0.25) is 0 Å². The van der Waals surface area contributed by atoms with Crippen molar-refractivity contribution in [3.63, 3.8) is 0 Å². The molecule has 5 nitrogen and oxygen atoms in total. The molecular weight excluding hydrogens is 345 g/mol. The molecule has 0 aromatic heterocycles. The fourth-order valence-corrected chi connectivity index (χ4v) is 3.53. The largest absolute Gasteiger partial charge is 0.481 e. The van der Waals surface area contributed by atoms with E-state index in [1.807, 2.05) is 0 Å². The van der Waals surface area contributed by atoms with Gasteiger partial charge in [0.25, 0.3) is 10.0 Å². The van der Waals surface area contributed by atoms with E-state index in [1.54, 1.807) is 0 Å². The first-order chi connectivity index (χ1) is 10.8. The third-order valence-corrected chi connectivity index (χ3v) is 5.12. The van der Waals surface area contributed by atoms with Crippen molar-refractivity contribution < 1.29 is 22.7 Å². The number of carboxylic acid groups (broad SMARTS) is 1. The molecule has 0 spiro atoms. The van der Waals surface area contributed by atoms with Crippen molar-refractivity contribution in [2.24, 2.45) is 0 Å². The number of hydrogen-bond acceptors (Lipinski definition) is 3. The van der Waals surface area contributed by atoms with Gasteiger partial charge in [-0.3, -0.25) is 9.10 Å². The third-order valence-electron chi connectivity index (χ3n) is 3.03. The van der Waals surface area contributed by atoms with Crippen LogP contribution in [0.25, 0.3) is 0 Å². The molecule has 0 atom stereocenters. The van der Waals surface area contributed by atoms with Crippen LogP contribution in [-0.4, -0.2) is 26.0 Å². The number of anilines is 1. The molecule has 0 aliphatic rings. The maximum atomic E-state index is 13.4. The molecule has 1 N–H and O–H groups in total. The van der Waals surface area contributed by atoms with Crippen molar-refractivity contribution in [3.8, 4) is 0 Å². The minimum absolute atomic E-state index is 0.0567. The number of rotatable bonds is 6. The number of halogens is 2. The number of carboxylic acids is 1. The highest BCUT2D eigenvalue weighted by Crippen LogP contribution is 2.25. The van der Waals surface area contributed by atoms with Crippen LogP contribution in [0.5, 0.6) is 0 Å². The lowest BCUT2D eigenvalue weighted by Gasteiger charge is -2.24. The summed E-state index contributed by atoms with van der Waals surface area (Å²) in [6, 6.07) is 10.4. The first kappa shape index (κ1) is 17.2. The van der Waals surface area contributed by atoms with Gasteiger partial charge in [-0.05, 0) is 42.5 Å². The average Bonchev–Trinajstić information content (AvgIpc) is 2.47. The van der Waals surface area contributed by atoms with E-state index in [0.717, 1.165) is 10.4 Å². The molecule has 122 valence electrons. The van der Waals surface area contributed by atoms with Crippen LogP contribution in [0, 0.1) is 5.82 Å². The van der Waals surface area contributed by atoms with Gasteiger partial charge in [0, 0.05) is 11.6 Å². The second-order valence-electron chi connectivity index (χ2n) is 4.65. The van der Waals surface area contributed by atoms with Gasteiger partial charge >= 0.3 is 5.97 Å². The van der Waals surface area contributed by atoms with Gasteiger partial charge in [-0.15, -0.1) is 0 Å². The maximum Gasteiger partial charge on any atom is 0.305 e. The van der Waals surface area contributed by atoms with E-state index in [1.165, 1.54) is 42.5 Å². The van der Waals surface area contributed by atoms with Gasteiger partial charge in [-0.2, -0.15) is 0 Å². The smallest absolute Gasteiger partial charge is 0.305 e. The molecule has 2 aromatic carbocycles. The number of aliphatic carboxylic acids is 1. The average molecular weight is 358 g/mol. The number of nitrogens with zero attached hydrogens (tertiary/aromatic N) is 1. The van der Waals surface area contributed by atoms with Gasteiger partial charge < -0.3 is 5.11 Å². The first-order valence-electron chi connectivity index (χ1n) is 6.56. The molecule has 2 aromatic rings. The summed E-state index contributed by atoms with van der Waals surface area (Å²) in [4.78, 5) is 10.7. The Hall–Kier alpha value is -2.12. The SMILES string of the molecule is O=C(O)CCN(c1cccc(F)c1)S(=O)(=O)c1ccc(Cl)cc1. The summed E-state index contributed by atoms with van der Waals surface area (Å²) in [5.74, 6) is -1.77. The van der Waals surface area contributed by atoms with Gasteiger partial charge in [0.05, 0.1) is 17.0 Å². The van der Waals surface area contributed by atoms with E-state index in [4.69, 9.17) is 16.7 Å². The van der Waals surface area contributed by atoms with Crippen LogP contribution in [-0.2, 0) is 14.8 Å². The van der Waals surface area contributed by atoms with E-state index in [2.05, 4.69) is 0 Å². The van der Waals surface area contributed by atoms with Gasteiger partial charge in [-0.25, -0.2) is 12.8 Å². The van der Waals surface area contributed by atoms with Crippen LogP contribution in [0.4, 0.5) is 10.1 Å². The Labute approximate surface area is 138 Å². The van der Waals surface area contributed by atoms with Crippen molar-refractivity contribution in [1.82, 2.24) is 0 Å². The Bertz CT molecular complexity index is 808. The lowest BCUT2D eigenvalue weighted by atomic mass is 10.3. The normalized spacial score (nSPS) is 11.2. The molecule has 8 heteroatoms. The quantitative estimate of drug-likeness (QED) is 0.861. The molecule has 0 saturated heterocycles. The molecule has 0 aliphatic heterocycles. The van der Waals surface area contributed by atoms with Crippen molar-refractivity contribution in [2.45, 2.75) is 11.3 Å². The summed E-state index contributed by atoms with van der Waals surface area (Å²) in [5, 5.41) is 9.19. The van der Waals surface area contributed by atoms with Crippen molar-refractivity contribution in [2.75, 3.05) is 10.8 Å². The second-order valence-corrected chi connectivity index (χ2v) is 6.95. The molecule has 2 rings (SSSR count). The predicted molar refractivity (Wildman–Crippen MR) is 84.6 cm³/mol. The molecule has 0 bridgehead atoms. The second kappa shape index (κ2) is 6.97. The summed E-state index contributed by atoms with van der Waals surface area (Å²) in [5.41, 5.74) is 0.0567. The standard InChI is InChI=1S/C15H13ClFNO4S/c16-11-4-6-14(7-5-11)23(21,22)18(9-8-15(19)20)13-3-1-2-12(17)10-13/h1-7,10H,8-9H2,(H,19,20). The molecular formula is C15H13ClFNO4S. The zero-order valence-electron chi connectivity index (χ0n) is 11.8. The summed E-state index contributed by atoms with van der Waals surface area (Å²) in [7, 11) is -4.04. The van der Waals surface area contributed by atoms with Gasteiger partial charge in [-0.1, -0.05) is 17.7 Å². The van der Waals surface area contributed by atoms with E-state index in [-0.39, 0.29) is 17.1 Å². The Morgan fingerprint density at radius 1 is 1.17 bits per heavy atom. The Morgan fingerprint density at radius 3 is 2.39 bits per heavy atom. The fraction of sp³-hybridized carbons (Fsp3) is 0.133. The molecule has 0 aliphatic carbocycles. The van der Waals surface area contributed by atoms with E-state index < -0.39 is 28.2 Å². The molecule has 0 heterocycles.